The molecule has 0 unspecified atom stereocenters. The molecule has 0 radical (unpaired) electrons. The second kappa shape index (κ2) is 7.17. The molecule has 1 atom stereocenters. The number of phenolic OH excluding ortho intramolecular Hbond substituents is 1. The Morgan fingerprint density at radius 1 is 1.30 bits per heavy atom. The highest BCUT2D eigenvalue weighted by atomic mass is 35.5. The summed E-state index contributed by atoms with van der Waals surface area (Å²) in [6, 6.07) is 12.6. The minimum atomic E-state index is -0.174. The maximum Gasteiger partial charge on any atom is 0.235 e. The van der Waals surface area contributed by atoms with Crippen molar-refractivity contribution in [1.82, 2.24) is 9.55 Å². The third-order valence-electron chi connectivity index (χ3n) is 4.30. The number of amides is 1. The van der Waals surface area contributed by atoms with Gasteiger partial charge in [0.25, 0.3) is 0 Å². The molecule has 1 aliphatic heterocycles. The molecule has 4 rings (SSSR count). The molecule has 0 bridgehead atoms. The molecule has 1 aromatic heterocycles. The number of carbonyl (C=O) groups is 1. The van der Waals surface area contributed by atoms with E-state index < -0.39 is 0 Å². The van der Waals surface area contributed by atoms with Crippen molar-refractivity contribution >= 4 is 35.1 Å². The first kappa shape index (κ1) is 17.8. The fraction of sp³-hybridized carbons (Fsp3) is 0.158. The summed E-state index contributed by atoms with van der Waals surface area (Å²) in [5.74, 6) is 1.18. The predicted octanol–water partition coefficient (Wildman–Crippen LogP) is 4.01. The van der Waals surface area contributed by atoms with Gasteiger partial charge in [0.15, 0.2) is 17.3 Å². The molecule has 138 valence electrons. The van der Waals surface area contributed by atoms with E-state index in [2.05, 4.69) is 10.3 Å². The van der Waals surface area contributed by atoms with Crippen molar-refractivity contribution in [2.24, 2.45) is 0 Å². The summed E-state index contributed by atoms with van der Waals surface area (Å²) >= 11 is 7.50. The van der Waals surface area contributed by atoms with E-state index in [1.807, 2.05) is 34.9 Å². The fourth-order valence-electron chi connectivity index (χ4n) is 3.03. The van der Waals surface area contributed by atoms with Gasteiger partial charge in [-0.3, -0.25) is 9.36 Å². The molecule has 2 N–H and O–H groups in total. The molecule has 27 heavy (non-hydrogen) atoms. The number of rotatable bonds is 3. The highest BCUT2D eigenvalue weighted by molar-refractivity contribution is 8.00. The van der Waals surface area contributed by atoms with Crippen molar-refractivity contribution < 1.29 is 14.6 Å². The molecular weight excluding hydrogens is 386 g/mol. The number of aromatic hydroxyl groups is 1. The normalized spacial score (nSPS) is 16.4. The van der Waals surface area contributed by atoms with Gasteiger partial charge in [-0.25, -0.2) is 4.98 Å². The van der Waals surface area contributed by atoms with Crippen LogP contribution in [-0.4, -0.2) is 33.4 Å². The molecule has 0 saturated carbocycles. The van der Waals surface area contributed by atoms with Crippen molar-refractivity contribution in [3.05, 3.63) is 65.1 Å². The summed E-state index contributed by atoms with van der Waals surface area (Å²) in [6.45, 7) is 0. The summed E-state index contributed by atoms with van der Waals surface area (Å²) in [6.07, 6.45) is 1.69. The first-order chi connectivity index (χ1) is 13.1. The smallest absolute Gasteiger partial charge is 0.235 e. The Bertz CT molecular complexity index is 1000. The van der Waals surface area contributed by atoms with Gasteiger partial charge in [-0.15, -0.1) is 11.8 Å². The SMILES string of the molecule is COc1cc([C@@H]2SCC(=O)Nc3ncn(-c4ccc(Cl)cc4)c32)ccc1O. The lowest BCUT2D eigenvalue weighted by Crippen LogP contribution is -2.12. The molecule has 0 aliphatic carbocycles. The minimum absolute atomic E-state index is 0.0699. The van der Waals surface area contributed by atoms with Gasteiger partial charge in [0.2, 0.25) is 5.91 Å². The summed E-state index contributed by atoms with van der Waals surface area (Å²) in [5, 5.41) is 13.3. The summed E-state index contributed by atoms with van der Waals surface area (Å²) in [7, 11) is 1.51. The predicted molar refractivity (Wildman–Crippen MR) is 106 cm³/mol. The van der Waals surface area contributed by atoms with Crippen molar-refractivity contribution in [3.8, 4) is 17.2 Å². The Morgan fingerprint density at radius 3 is 2.81 bits per heavy atom. The van der Waals surface area contributed by atoms with Gasteiger partial charge in [0.1, 0.15) is 6.33 Å². The average molecular weight is 402 g/mol. The lowest BCUT2D eigenvalue weighted by Gasteiger charge is -2.19. The molecule has 0 fully saturated rings. The summed E-state index contributed by atoms with van der Waals surface area (Å²) in [5.41, 5.74) is 2.64. The fourth-order valence-corrected chi connectivity index (χ4v) is 4.27. The molecule has 3 aromatic rings. The minimum Gasteiger partial charge on any atom is -0.504 e. The molecule has 2 heterocycles. The molecule has 2 aromatic carbocycles. The van der Waals surface area contributed by atoms with Crippen LogP contribution in [0.5, 0.6) is 11.5 Å². The highest BCUT2D eigenvalue weighted by Crippen LogP contribution is 2.44. The van der Waals surface area contributed by atoms with Gasteiger partial charge in [0.05, 0.1) is 23.8 Å². The molecule has 0 saturated heterocycles. The van der Waals surface area contributed by atoms with Crippen LogP contribution in [0.15, 0.2) is 48.8 Å². The molecule has 6 nitrogen and oxygen atoms in total. The number of nitrogens with zero attached hydrogens (tertiary/aromatic N) is 2. The number of aromatic nitrogens is 2. The number of halogens is 1. The molecule has 1 aliphatic rings. The van der Waals surface area contributed by atoms with Crippen molar-refractivity contribution in [1.29, 1.82) is 0 Å². The van der Waals surface area contributed by atoms with E-state index >= 15 is 0 Å². The number of ether oxygens (including phenoxy) is 1. The van der Waals surface area contributed by atoms with Gasteiger partial charge in [-0.2, -0.15) is 0 Å². The number of hydrogen-bond acceptors (Lipinski definition) is 5. The third-order valence-corrected chi connectivity index (χ3v) is 5.81. The number of phenols is 1. The van der Waals surface area contributed by atoms with E-state index in [0.717, 1.165) is 16.9 Å². The van der Waals surface area contributed by atoms with Gasteiger partial charge in [0, 0.05) is 10.7 Å². The van der Waals surface area contributed by atoms with E-state index in [-0.39, 0.29) is 16.9 Å². The van der Waals surface area contributed by atoms with Crippen LogP contribution in [0, 0.1) is 0 Å². The Hall–Kier alpha value is -2.64. The van der Waals surface area contributed by atoms with E-state index in [4.69, 9.17) is 16.3 Å². The van der Waals surface area contributed by atoms with Crippen LogP contribution in [0.3, 0.4) is 0 Å². The quantitative estimate of drug-likeness (QED) is 0.693. The third kappa shape index (κ3) is 3.36. The van der Waals surface area contributed by atoms with E-state index in [0.29, 0.717) is 22.3 Å². The zero-order chi connectivity index (χ0) is 19.0. The maximum atomic E-state index is 12.1. The zero-order valence-electron chi connectivity index (χ0n) is 14.3. The first-order valence-corrected chi connectivity index (χ1v) is 9.61. The zero-order valence-corrected chi connectivity index (χ0v) is 15.9. The Morgan fingerprint density at radius 2 is 2.07 bits per heavy atom. The number of carbonyl (C=O) groups excluding carboxylic acids is 1. The maximum absolute atomic E-state index is 12.1. The van der Waals surface area contributed by atoms with Gasteiger partial charge < -0.3 is 15.2 Å². The molecular formula is C19H16ClN3O3S. The number of thioether (sulfide) groups is 1. The number of hydrogen-bond donors (Lipinski definition) is 2. The summed E-state index contributed by atoms with van der Waals surface area (Å²) < 4.78 is 7.19. The molecule has 0 spiro atoms. The Balaban J connectivity index is 1.87. The Kier molecular flexibility index (Phi) is 4.72. The van der Waals surface area contributed by atoms with E-state index in [1.165, 1.54) is 18.9 Å². The van der Waals surface area contributed by atoms with E-state index in [9.17, 15) is 9.90 Å². The highest BCUT2D eigenvalue weighted by Gasteiger charge is 2.29. The lowest BCUT2D eigenvalue weighted by atomic mass is 10.1. The number of fused-ring (bicyclic) bond motifs is 1. The monoisotopic (exact) mass is 401 g/mol. The number of benzene rings is 2. The first-order valence-electron chi connectivity index (χ1n) is 8.18. The largest absolute Gasteiger partial charge is 0.504 e. The van der Waals surface area contributed by atoms with E-state index in [1.54, 1.807) is 18.5 Å². The number of anilines is 1. The van der Waals surface area contributed by atoms with Crippen LogP contribution in [0.2, 0.25) is 5.02 Å². The number of imidazole rings is 1. The second-order valence-corrected chi connectivity index (χ2v) is 7.53. The number of nitrogens with one attached hydrogen (secondary N) is 1. The van der Waals surface area contributed by atoms with Crippen LogP contribution in [0.1, 0.15) is 16.5 Å². The van der Waals surface area contributed by atoms with Gasteiger partial charge in [-0.1, -0.05) is 17.7 Å². The number of methoxy groups -OCH3 is 1. The average Bonchev–Trinajstić information content (AvgIpc) is 2.99. The topological polar surface area (TPSA) is 76.4 Å². The van der Waals surface area contributed by atoms with Crippen LogP contribution in [0.4, 0.5) is 5.82 Å². The van der Waals surface area contributed by atoms with Crippen LogP contribution in [-0.2, 0) is 4.79 Å². The molecule has 1 amide bonds. The Labute approximate surface area is 165 Å². The lowest BCUT2D eigenvalue weighted by molar-refractivity contribution is -0.113. The van der Waals surface area contributed by atoms with Gasteiger partial charge in [-0.05, 0) is 42.0 Å². The summed E-state index contributed by atoms with van der Waals surface area (Å²) in [4.78, 5) is 16.5. The van der Waals surface area contributed by atoms with Crippen LogP contribution < -0.4 is 10.1 Å². The standard InChI is InChI=1S/C19H16ClN3O3S/c1-26-15-8-11(2-7-14(15)24)18-17-19(22-16(25)9-27-18)21-10-23(17)13-5-3-12(20)4-6-13/h2-8,10,18,24H,9H2,1H3,(H,22,25)/t18-/m0/s1. The van der Waals surface area contributed by atoms with Crippen LogP contribution in [0.25, 0.3) is 5.69 Å². The van der Waals surface area contributed by atoms with Gasteiger partial charge >= 0.3 is 0 Å². The second-order valence-electron chi connectivity index (χ2n) is 6.00. The van der Waals surface area contributed by atoms with Crippen molar-refractivity contribution in [2.75, 3.05) is 18.2 Å². The van der Waals surface area contributed by atoms with Crippen LogP contribution >= 0.6 is 23.4 Å². The molecule has 8 heteroatoms. The van der Waals surface area contributed by atoms with Crippen molar-refractivity contribution in [2.45, 2.75) is 5.25 Å². The van der Waals surface area contributed by atoms with Crippen molar-refractivity contribution in [3.63, 3.8) is 0 Å².